The Morgan fingerprint density at radius 3 is 2.59 bits per heavy atom. The van der Waals surface area contributed by atoms with Gasteiger partial charge in [0.15, 0.2) is 11.2 Å². The van der Waals surface area contributed by atoms with E-state index in [1.54, 1.807) is 7.05 Å². The van der Waals surface area contributed by atoms with E-state index in [1.165, 1.54) is 15.7 Å². The summed E-state index contributed by atoms with van der Waals surface area (Å²) in [6.07, 6.45) is 0. The molecule has 4 rings (SSSR count). The molecule has 0 aliphatic carbocycles. The summed E-state index contributed by atoms with van der Waals surface area (Å²) >= 11 is 0. The first kappa shape index (κ1) is 19.0. The molecule has 1 amide bonds. The fourth-order valence-electron chi connectivity index (χ4n) is 3.91. The van der Waals surface area contributed by atoms with Crippen LogP contribution in [0.5, 0.6) is 0 Å². The van der Waals surface area contributed by atoms with Gasteiger partial charge in [0, 0.05) is 25.8 Å². The number of amides is 1. The number of rotatable bonds is 3. The molecule has 1 aliphatic rings. The van der Waals surface area contributed by atoms with Gasteiger partial charge < -0.3 is 15.2 Å². The number of nitrogens with zero attached hydrogens (tertiary/aromatic N) is 5. The van der Waals surface area contributed by atoms with Crippen molar-refractivity contribution in [3.63, 3.8) is 0 Å². The maximum atomic E-state index is 13.1. The van der Waals surface area contributed by atoms with Crippen molar-refractivity contribution >= 4 is 28.7 Å². The van der Waals surface area contributed by atoms with Crippen molar-refractivity contribution in [1.29, 1.82) is 0 Å². The van der Waals surface area contributed by atoms with Crippen molar-refractivity contribution in [3.8, 4) is 0 Å². The first-order valence-corrected chi connectivity index (χ1v) is 9.52. The van der Waals surface area contributed by atoms with Gasteiger partial charge in [0.2, 0.25) is 11.9 Å². The number of aromatic nitrogens is 4. The van der Waals surface area contributed by atoms with Gasteiger partial charge in [-0.2, -0.15) is 4.98 Å². The highest BCUT2D eigenvalue weighted by atomic mass is 16.2. The number of benzene rings is 1. The largest absolute Gasteiger partial charge is 0.368 e. The maximum Gasteiger partial charge on any atom is 0.332 e. The number of hydrogen-bond donors (Lipinski definition) is 1. The van der Waals surface area contributed by atoms with E-state index in [4.69, 9.17) is 5.73 Å². The lowest BCUT2D eigenvalue weighted by Gasteiger charge is -2.33. The van der Waals surface area contributed by atoms with Crippen molar-refractivity contribution in [2.45, 2.75) is 33.9 Å². The summed E-state index contributed by atoms with van der Waals surface area (Å²) in [6, 6.07) is 6.20. The van der Waals surface area contributed by atoms with Gasteiger partial charge in [-0.15, -0.1) is 0 Å². The number of anilines is 2. The fraction of sp³-hybridized carbons (Fsp3) is 0.400. The standard InChI is InChI=1S/C20H24N6O3/c1-11-8-24(14-6-5-12(2)13(3)7-14)19-22-17-16(25(19)9-11)18(28)26(10-15(21)27)20(29)23(17)4/h5-7,11H,8-10H2,1-4H3,(H2,21,27)/t11-/m1/s1. The minimum absolute atomic E-state index is 0.253. The molecule has 9 nitrogen and oxygen atoms in total. The predicted octanol–water partition coefficient (Wildman–Crippen LogP) is 0.787. The van der Waals surface area contributed by atoms with Crippen molar-refractivity contribution in [2.75, 3.05) is 11.4 Å². The lowest BCUT2D eigenvalue weighted by atomic mass is 10.1. The SMILES string of the molecule is Cc1ccc(N2C[C@@H](C)Cn3c2nc2c3c(=O)n(CC(N)=O)c(=O)n2C)cc1C. The Hall–Kier alpha value is -3.36. The van der Waals surface area contributed by atoms with Crippen LogP contribution < -0.4 is 21.9 Å². The zero-order chi connectivity index (χ0) is 21.0. The molecular weight excluding hydrogens is 372 g/mol. The van der Waals surface area contributed by atoms with Gasteiger partial charge in [0.25, 0.3) is 5.56 Å². The Morgan fingerprint density at radius 2 is 1.93 bits per heavy atom. The van der Waals surface area contributed by atoms with Crippen molar-refractivity contribution in [3.05, 3.63) is 50.2 Å². The molecule has 3 aromatic rings. The number of carbonyl (C=O) groups is 1. The molecule has 0 spiro atoms. The molecule has 1 aromatic carbocycles. The van der Waals surface area contributed by atoms with Gasteiger partial charge >= 0.3 is 5.69 Å². The average Bonchev–Trinajstić information content (AvgIpc) is 3.04. The quantitative estimate of drug-likeness (QED) is 0.704. The number of hydrogen-bond acceptors (Lipinski definition) is 5. The van der Waals surface area contributed by atoms with E-state index < -0.39 is 23.7 Å². The van der Waals surface area contributed by atoms with Gasteiger partial charge in [-0.25, -0.2) is 9.36 Å². The van der Waals surface area contributed by atoms with Crippen LogP contribution in [0.1, 0.15) is 18.1 Å². The predicted molar refractivity (Wildman–Crippen MR) is 111 cm³/mol. The highest BCUT2D eigenvalue weighted by Gasteiger charge is 2.30. The molecule has 1 aliphatic heterocycles. The van der Waals surface area contributed by atoms with Crippen molar-refractivity contribution < 1.29 is 4.79 Å². The van der Waals surface area contributed by atoms with Crippen LogP contribution in [0, 0.1) is 19.8 Å². The van der Waals surface area contributed by atoms with Crippen LogP contribution in [0.3, 0.4) is 0 Å². The Bertz CT molecular complexity index is 1270. The summed E-state index contributed by atoms with van der Waals surface area (Å²) in [5.74, 6) is 0.125. The van der Waals surface area contributed by atoms with E-state index in [0.29, 0.717) is 23.7 Å². The van der Waals surface area contributed by atoms with Crippen molar-refractivity contribution in [1.82, 2.24) is 18.7 Å². The molecule has 29 heavy (non-hydrogen) atoms. The lowest BCUT2D eigenvalue weighted by molar-refractivity contribution is -0.118. The topological polar surface area (TPSA) is 108 Å². The first-order valence-electron chi connectivity index (χ1n) is 9.52. The molecule has 152 valence electrons. The Morgan fingerprint density at radius 1 is 1.21 bits per heavy atom. The molecule has 0 bridgehead atoms. The summed E-state index contributed by atoms with van der Waals surface area (Å²) in [7, 11) is 1.55. The van der Waals surface area contributed by atoms with Gasteiger partial charge in [-0.05, 0) is 43.0 Å². The molecule has 2 aromatic heterocycles. The molecular formula is C20H24N6O3. The van der Waals surface area contributed by atoms with Crippen LogP contribution in [0.25, 0.3) is 11.2 Å². The summed E-state index contributed by atoms with van der Waals surface area (Å²) in [4.78, 5) is 43.8. The van der Waals surface area contributed by atoms with Crippen LogP contribution in [-0.2, 0) is 24.9 Å². The second kappa shape index (κ2) is 6.61. The number of aryl methyl sites for hydroxylation is 3. The third-order valence-corrected chi connectivity index (χ3v) is 5.56. The molecule has 1 atom stereocenters. The van der Waals surface area contributed by atoms with Crippen LogP contribution in [-0.4, -0.2) is 31.1 Å². The fourth-order valence-corrected chi connectivity index (χ4v) is 3.91. The zero-order valence-corrected chi connectivity index (χ0v) is 17.0. The zero-order valence-electron chi connectivity index (χ0n) is 17.0. The molecule has 0 radical (unpaired) electrons. The second-order valence-electron chi connectivity index (χ2n) is 7.88. The van der Waals surface area contributed by atoms with E-state index in [9.17, 15) is 14.4 Å². The normalized spacial score (nSPS) is 16.3. The van der Waals surface area contributed by atoms with Crippen molar-refractivity contribution in [2.24, 2.45) is 18.7 Å². The van der Waals surface area contributed by atoms with Gasteiger partial charge in [-0.3, -0.25) is 14.2 Å². The van der Waals surface area contributed by atoms with Gasteiger partial charge in [-0.1, -0.05) is 13.0 Å². The van der Waals surface area contributed by atoms with Crippen LogP contribution in [0.15, 0.2) is 27.8 Å². The third-order valence-electron chi connectivity index (χ3n) is 5.56. The minimum Gasteiger partial charge on any atom is -0.368 e. The first-order chi connectivity index (χ1) is 13.7. The van der Waals surface area contributed by atoms with E-state index in [2.05, 4.69) is 42.8 Å². The molecule has 9 heteroatoms. The lowest BCUT2D eigenvalue weighted by Crippen LogP contribution is -2.43. The van der Waals surface area contributed by atoms with E-state index >= 15 is 0 Å². The molecule has 0 unspecified atom stereocenters. The van der Waals surface area contributed by atoms with E-state index in [0.717, 1.165) is 16.8 Å². The number of primary amides is 1. The summed E-state index contributed by atoms with van der Waals surface area (Å²) < 4.78 is 4.02. The highest BCUT2D eigenvalue weighted by molar-refractivity contribution is 5.78. The van der Waals surface area contributed by atoms with Crippen LogP contribution in [0.4, 0.5) is 11.6 Å². The molecule has 0 fully saturated rings. The maximum absolute atomic E-state index is 13.1. The summed E-state index contributed by atoms with van der Waals surface area (Å²) in [5.41, 5.74) is 8.05. The number of carbonyl (C=O) groups excluding carboxylic acids is 1. The number of fused-ring (bicyclic) bond motifs is 3. The summed E-state index contributed by atoms with van der Waals surface area (Å²) in [6.45, 7) is 7.10. The molecule has 0 saturated carbocycles. The van der Waals surface area contributed by atoms with Crippen LogP contribution >= 0.6 is 0 Å². The molecule has 2 N–H and O–H groups in total. The molecule has 0 saturated heterocycles. The Labute approximate surface area is 167 Å². The Balaban J connectivity index is 2.00. The average molecular weight is 396 g/mol. The number of nitrogens with two attached hydrogens (primary N) is 1. The number of imidazole rings is 1. The van der Waals surface area contributed by atoms with E-state index in [1.807, 2.05) is 10.6 Å². The third kappa shape index (κ3) is 2.93. The van der Waals surface area contributed by atoms with Crippen LogP contribution in [0.2, 0.25) is 0 Å². The molecule has 3 heterocycles. The Kier molecular flexibility index (Phi) is 4.33. The van der Waals surface area contributed by atoms with E-state index in [-0.39, 0.29) is 5.92 Å². The smallest absolute Gasteiger partial charge is 0.332 e. The van der Waals surface area contributed by atoms with Gasteiger partial charge in [0.1, 0.15) is 6.54 Å². The highest BCUT2D eigenvalue weighted by Crippen LogP contribution is 2.33. The summed E-state index contributed by atoms with van der Waals surface area (Å²) in [5, 5.41) is 0. The minimum atomic E-state index is -0.743. The van der Waals surface area contributed by atoms with Gasteiger partial charge in [0.05, 0.1) is 0 Å². The second-order valence-corrected chi connectivity index (χ2v) is 7.88. The monoisotopic (exact) mass is 396 g/mol.